The van der Waals surface area contributed by atoms with Gasteiger partial charge >= 0.3 is 0 Å². The Hall–Kier alpha value is -1.86. The summed E-state index contributed by atoms with van der Waals surface area (Å²) in [5, 5.41) is 2.81. The third-order valence-electron chi connectivity index (χ3n) is 3.76. The van der Waals surface area contributed by atoms with Gasteiger partial charge in [-0.2, -0.15) is 0 Å². The van der Waals surface area contributed by atoms with Crippen LogP contribution in [-0.2, 0) is 14.8 Å². The highest BCUT2D eigenvalue weighted by atomic mass is 79.9. The highest BCUT2D eigenvalue weighted by Crippen LogP contribution is 2.22. The number of anilines is 1. The second-order valence-corrected chi connectivity index (χ2v) is 8.69. The van der Waals surface area contributed by atoms with Crippen molar-refractivity contribution in [2.75, 3.05) is 23.7 Å². The fourth-order valence-electron chi connectivity index (χ4n) is 2.38. The zero-order valence-corrected chi connectivity index (χ0v) is 16.5. The summed E-state index contributed by atoms with van der Waals surface area (Å²) < 4.78 is 26.0. The molecule has 5 nitrogen and oxygen atoms in total. The summed E-state index contributed by atoms with van der Waals surface area (Å²) in [5.41, 5.74) is 1.57. The average molecular weight is 425 g/mol. The van der Waals surface area contributed by atoms with E-state index in [9.17, 15) is 13.2 Å². The summed E-state index contributed by atoms with van der Waals surface area (Å²) in [4.78, 5) is 12.3. The maximum atomic E-state index is 12.3. The number of nitrogens with one attached hydrogen (secondary N) is 1. The van der Waals surface area contributed by atoms with Crippen LogP contribution in [-0.4, -0.2) is 33.7 Å². The van der Waals surface area contributed by atoms with Crippen molar-refractivity contribution in [3.05, 3.63) is 64.6 Å². The van der Waals surface area contributed by atoms with Crippen LogP contribution in [0.5, 0.6) is 0 Å². The van der Waals surface area contributed by atoms with E-state index in [1.807, 2.05) is 37.3 Å². The van der Waals surface area contributed by atoms with Crippen molar-refractivity contribution >= 4 is 37.5 Å². The lowest BCUT2D eigenvalue weighted by atomic mass is 10.0. The van der Waals surface area contributed by atoms with E-state index in [0.717, 1.165) is 20.6 Å². The minimum Gasteiger partial charge on any atom is -0.354 e. The van der Waals surface area contributed by atoms with Crippen LogP contribution >= 0.6 is 15.9 Å². The minimum absolute atomic E-state index is 0.141. The molecule has 0 aromatic heterocycles. The van der Waals surface area contributed by atoms with Gasteiger partial charge < -0.3 is 5.32 Å². The molecule has 2 aromatic rings. The number of benzene rings is 2. The van der Waals surface area contributed by atoms with Gasteiger partial charge in [-0.1, -0.05) is 59.3 Å². The lowest BCUT2D eigenvalue weighted by Crippen LogP contribution is -2.41. The van der Waals surface area contributed by atoms with E-state index >= 15 is 0 Å². The van der Waals surface area contributed by atoms with E-state index < -0.39 is 10.0 Å². The number of rotatable bonds is 7. The van der Waals surface area contributed by atoms with Crippen molar-refractivity contribution in [1.82, 2.24) is 5.32 Å². The van der Waals surface area contributed by atoms with Crippen LogP contribution in [0.3, 0.4) is 0 Å². The van der Waals surface area contributed by atoms with Gasteiger partial charge in [-0.3, -0.25) is 9.10 Å². The molecule has 2 rings (SSSR count). The first-order valence-electron chi connectivity index (χ1n) is 7.82. The predicted octanol–water partition coefficient (Wildman–Crippen LogP) is 3.14. The standard InChI is InChI=1S/C18H21BrN2O3S/c1-14(15-7-4-3-5-8-15)12-20-18(22)13-21(25(2,23)24)17-10-6-9-16(19)11-17/h3-11,14H,12-13H2,1-2H3,(H,20,22)/t14-/m0/s1. The number of halogens is 1. The molecule has 0 aliphatic heterocycles. The maximum Gasteiger partial charge on any atom is 0.240 e. The molecule has 0 unspecified atom stereocenters. The summed E-state index contributed by atoms with van der Waals surface area (Å²) >= 11 is 3.32. The first kappa shape index (κ1) is 19.5. The molecule has 0 spiro atoms. The molecule has 0 saturated heterocycles. The van der Waals surface area contributed by atoms with Crippen LogP contribution in [0.1, 0.15) is 18.4 Å². The summed E-state index contributed by atoms with van der Waals surface area (Å²) in [6.45, 7) is 2.20. The quantitative estimate of drug-likeness (QED) is 0.741. The molecule has 1 N–H and O–H groups in total. The van der Waals surface area contributed by atoms with Crippen molar-refractivity contribution in [3.63, 3.8) is 0 Å². The minimum atomic E-state index is -3.57. The fraction of sp³-hybridized carbons (Fsp3) is 0.278. The molecule has 134 valence electrons. The Morgan fingerprint density at radius 1 is 1.16 bits per heavy atom. The van der Waals surface area contributed by atoms with Crippen LogP contribution < -0.4 is 9.62 Å². The Labute approximate surface area is 157 Å². The molecule has 0 aliphatic carbocycles. The van der Waals surface area contributed by atoms with Gasteiger partial charge in [0.05, 0.1) is 11.9 Å². The van der Waals surface area contributed by atoms with E-state index in [0.29, 0.717) is 12.2 Å². The molecule has 0 radical (unpaired) electrons. The van der Waals surface area contributed by atoms with Gasteiger partial charge in [-0.25, -0.2) is 8.42 Å². The monoisotopic (exact) mass is 424 g/mol. The number of amides is 1. The molecule has 0 saturated carbocycles. The number of carbonyl (C=O) groups excluding carboxylic acids is 1. The Morgan fingerprint density at radius 3 is 2.44 bits per heavy atom. The first-order chi connectivity index (χ1) is 11.8. The molecular formula is C18H21BrN2O3S. The third kappa shape index (κ3) is 5.86. The van der Waals surface area contributed by atoms with Gasteiger partial charge in [-0.05, 0) is 29.7 Å². The molecule has 0 aliphatic rings. The second kappa shape index (κ2) is 8.49. The molecule has 0 heterocycles. The smallest absolute Gasteiger partial charge is 0.240 e. The van der Waals surface area contributed by atoms with E-state index in [-0.39, 0.29) is 18.4 Å². The third-order valence-corrected chi connectivity index (χ3v) is 5.39. The number of hydrogen-bond donors (Lipinski definition) is 1. The van der Waals surface area contributed by atoms with Gasteiger partial charge in [0.25, 0.3) is 0 Å². The van der Waals surface area contributed by atoms with Crippen LogP contribution in [0, 0.1) is 0 Å². The second-order valence-electron chi connectivity index (χ2n) is 5.87. The van der Waals surface area contributed by atoms with Crippen molar-refractivity contribution in [2.45, 2.75) is 12.8 Å². The zero-order chi connectivity index (χ0) is 18.4. The van der Waals surface area contributed by atoms with E-state index in [2.05, 4.69) is 21.2 Å². The van der Waals surface area contributed by atoms with Gasteiger partial charge in [-0.15, -0.1) is 0 Å². The first-order valence-corrected chi connectivity index (χ1v) is 10.5. The highest BCUT2D eigenvalue weighted by Gasteiger charge is 2.21. The molecule has 0 bridgehead atoms. The number of nitrogens with zero attached hydrogens (tertiary/aromatic N) is 1. The molecular weight excluding hydrogens is 404 g/mol. The number of sulfonamides is 1. The van der Waals surface area contributed by atoms with E-state index in [1.54, 1.807) is 24.3 Å². The SMILES string of the molecule is C[C@@H](CNC(=O)CN(c1cccc(Br)c1)S(C)(=O)=O)c1ccccc1. The number of carbonyl (C=O) groups is 1. The van der Waals surface area contributed by atoms with Gasteiger partial charge in [0.1, 0.15) is 6.54 Å². The molecule has 0 fully saturated rings. The lowest BCUT2D eigenvalue weighted by molar-refractivity contribution is -0.119. The van der Waals surface area contributed by atoms with Crippen molar-refractivity contribution < 1.29 is 13.2 Å². The van der Waals surface area contributed by atoms with Gasteiger partial charge in [0.15, 0.2) is 0 Å². The van der Waals surface area contributed by atoms with Crippen molar-refractivity contribution in [2.24, 2.45) is 0 Å². The summed E-state index contributed by atoms with van der Waals surface area (Å²) in [7, 11) is -3.57. The maximum absolute atomic E-state index is 12.3. The summed E-state index contributed by atoms with van der Waals surface area (Å²) in [6, 6.07) is 16.7. The topological polar surface area (TPSA) is 66.5 Å². The van der Waals surface area contributed by atoms with Gasteiger partial charge in [0, 0.05) is 11.0 Å². The summed E-state index contributed by atoms with van der Waals surface area (Å²) in [6.07, 6.45) is 1.09. The normalized spacial score (nSPS) is 12.4. The Kier molecular flexibility index (Phi) is 6.61. The van der Waals surface area contributed by atoms with Gasteiger partial charge in [0.2, 0.25) is 15.9 Å². The van der Waals surface area contributed by atoms with Crippen LogP contribution in [0.25, 0.3) is 0 Å². The van der Waals surface area contributed by atoms with Crippen LogP contribution in [0.15, 0.2) is 59.1 Å². The average Bonchev–Trinajstić information content (AvgIpc) is 2.57. The molecule has 25 heavy (non-hydrogen) atoms. The zero-order valence-electron chi connectivity index (χ0n) is 14.1. The molecule has 7 heteroatoms. The molecule has 1 amide bonds. The van der Waals surface area contributed by atoms with Crippen molar-refractivity contribution in [3.8, 4) is 0 Å². The fourth-order valence-corrected chi connectivity index (χ4v) is 3.62. The highest BCUT2D eigenvalue weighted by molar-refractivity contribution is 9.10. The van der Waals surface area contributed by atoms with E-state index in [4.69, 9.17) is 0 Å². The Bertz CT molecular complexity index is 825. The van der Waals surface area contributed by atoms with Crippen LogP contribution in [0.2, 0.25) is 0 Å². The largest absolute Gasteiger partial charge is 0.354 e. The molecule has 1 atom stereocenters. The molecule has 2 aromatic carbocycles. The lowest BCUT2D eigenvalue weighted by Gasteiger charge is -2.22. The number of hydrogen-bond acceptors (Lipinski definition) is 3. The Morgan fingerprint density at radius 2 is 1.84 bits per heavy atom. The Balaban J connectivity index is 2.03. The predicted molar refractivity (Wildman–Crippen MR) is 104 cm³/mol. The van der Waals surface area contributed by atoms with Crippen molar-refractivity contribution in [1.29, 1.82) is 0 Å². The summed E-state index contributed by atoms with van der Waals surface area (Å²) in [5.74, 6) is -0.198. The van der Waals surface area contributed by atoms with Crippen LogP contribution in [0.4, 0.5) is 5.69 Å². The van der Waals surface area contributed by atoms with E-state index in [1.165, 1.54) is 0 Å².